The summed E-state index contributed by atoms with van der Waals surface area (Å²) in [7, 11) is 0. The monoisotopic (exact) mass is 664 g/mol. The number of para-hydroxylation sites is 2. The molecular formula is C50H36N2. The molecule has 2 heterocycles. The molecule has 0 bridgehead atoms. The summed E-state index contributed by atoms with van der Waals surface area (Å²) in [6.07, 6.45) is 1.84. The number of benzene rings is 7. The zero-order valence-corrected chi connectivity index (χ0v) is 29.2. The lowest BCUT2D eigenvalue weighted by Gasteiger charge is -2.22. The molecular weight excluding hydrogens is 629 g/mol. The Labute approximate surface area is 304 Å². The fourth-order valence-corrected chi connectivity index (χ4v) is 8.33. The third-order valence-corrected chi connectivity index (χ3v) is 11.1. The van der Waals surface area contributed by atoms with E-state index in [0.717, 1.165) is 11.3 Å². The highest BCUT2D eigenvalue weighted by Crippen LogP contribution is 2.51. The van der Waals surface area contributed by atoms with Crippen LogP contribution in [0, 0.1) is 0 Å². The molecule has 0 aliphatic heterocycles. The Hall–Kier alpha value is -6.51. The van der Waals surface area contributed by atoms with Crippen LogP contribution in [0.15, 0.2) is 182 Å². The van der Waals surface area contributed by atoms with Gasteiger partial charge in [-0.05, 0) is 110 Å². The molecule has 0 atom stereocenters. The minimum atomic E-state index is -0.126. The van der Waals surface area contributed by atoms with Crippen LogP contribution in [0.25, 0.3) is 83.3 Å². The third-order valence-electron chi connectivity index (χ3n) is 11.1. The third kappa shape index (κ3) is 4.83. The van der Waals surface area contributed by atoms with E-state index in [1.165, 1.54) is 83.1 Å². The number of pyridine rings is 1. The van der Waals surface area contributed by atoms with E-state index in [0.29, 0.717) is 0 Å². The Morgan fingerprint density at radius 2 is 0.904 bits per heavy atom. The van der Waals surface area contributed by atoms with Gasteiger partial charge in [0.15, 0.2) is 0 Å². The van der Waals surface area contributed by atoms with Gasteiger partial charge < -0.3 is 4.57 Å². The second kappa shape index (κ2) is 11.8. The molecule has 1 aliphatic carbocycles. The maximum absolute atomic E-state index is 4.49. The zero-order chi connectivity index (χ0) is 34.8. The Balaban J connectivity index is 0.965. The highest BCUT2D eigenvalue weighted by Gasteiger charge is 2.36. The molecule has 10 rings (SSSR count). The Morgan fingerprint density at radius 1 is 0.404 bits per heavy atom. The van der Waals surface area contributed by atoms with Crippen LogP contribution in [0.5, 0.6) is 0 Å². The van der Waals surface area contributed by atoms with Crippen LogP contribution < -0.4 is 0 Å². The lowest BCUT2D eigenvalue weighted by atomic mass is 9.80. The molecule has 0 spiro atoms. The van der Waals surface area contributed by atoms with Crippen molar-refractivity contribution in [3.05, 3.63) is 193 Å². The topological polar surface area (TPSA) is 17.8 Å². The molecule has 0 amide bonds. The van der Waals surface area contributed by atoms with Crippen molar-refractivity contribution in [3.63, 3.8) is 0 Å². The summed E-state index contributed by atoms with van der Waals surface area (Å²) in [4.78, 5) is 4.49. The fourth-order valence-electron chi connectivity index (χ4n) is 8.33. The Bertz CT molecular complexity index is 2770. The van der Waals surface area contributed by atoms with Crippen LogP contribution in [0.1, 0.15) is 25.0 Å². The number of hydrogen-bond donors (Lipinski definition) is 0. The Morgan fingerprint density at radius 3 is 1.56 bits per heavy atom. The summed E-state index contributed by atoms with van der Waals surface area (Å²) in [5, 5.41) is 2.55. The molecule has 246 valence electrons. The second-order valence-corrected chi connectivity index (χ2v) is 14.4. The first kappa shape index (κ1) is 30.3. The van der Waals surface area contributed by atoms with Crippen LogP contribution in [0.3, 0.4) is 0 Å². The summed E-state index contributed by atoms with van der Waals surface area (Å²) < 4.78 is 2.38. The van der Waals surface area contributed by atoms with E-state index in [2.05, 4.69) is 181 Å². The van der Waals surface area contributed by atoms with Crippen molar-refractivity contribution in [2.24, 2.45) is 0 Å². The molecule has 0 saturated carbocycles. The van der Waals surface area contributed by atoms with Crippen LogP contribution in [0.4, 0.5) is 0 Å². The molecule has 2 heteroatoms. The first-order valence-electron chi connectivity index (χ1n) is 18.0. The SMILES string of the molecule is CC1(C)c2cc(-c3ccc(-c4ccc(-c5ccccn5)cc4)cc3)ccc2-c2ccc(-c3ccc4c(c3)c3ccccc3n4-c3ccccc3)cc21. The quantitative estimate of drug-likeness (QED) is 0.179. The maximum Gasteiger partial charge on any atom is 0.0701 e. The largest absolute Gasteiger partial charge is 0.309 e. The first-order valence-corrected chi connectivity index (χ1v) is 18.0. The van der Waals surface area contributed by atoms with E-state index < -0.39 is 0 Å². The van der Waals surface area contributed by atoms with E-state index in [1.807, 2.05) is 24.4 Å². The van der Waals surface area contributed by atoms with Gasteiger partial charge in [0.2, 0.25) is 0 Å². The van der Waals surface area contributed by atoms with Gasteiger partial charge >= 0.3 is 0 Å². The molecule has 0 fully saturated rings. The van der Waals surface area contributed by atoms with Gasteiger partial charge in [-0.1, -0.05) is 135 Å². The van der Waals surface area contributed by atoms with Gasteiger partial charge in [-0.25, -0.2) is 0 Å². The van der Waals surface area contributed by atoms with Crippen molar-refractivity contribution >= 4 is 21.8 Å². The standard InChI is InChI=1S/C50H36N2/c1-50(2)45-31-38(35-17-15-33(16-18-35)34-19-21-36(22-20-34)47-13-8-9-29-51-47)23-26-41(45)42-27-24-39(32-46(42)50)37-25-28-49-44(30-37)43-12-6-7-14-48(43)52(49)40-10-4-3-5-11-40/h3-32H,1-2H3. The van der Waals surface area contributed by atoms with Gasteiger partial charge in [0.25, 0.3) is 0 Å². The average molecular weight is 665 g/mol. The van der Waals surface area contributed by atoms with Gasteiger partial charge in [-0.2, -0.15) is 0 Å². The number of fused-ring (bicyclic) bond motifs is 6. The van der Waals surface area contributed by atoms with Crippen molar-refractivity contribution in [2.75, 3.05) is 0 Å². The minimum absolute atomic E-state index is 0.126. The number of hydrogen-bond acceptors (Lipinski definition) is 1. The molecule has 9 aromatic rings. The lowest BCUT2D eigenvalue weighted by Crippen LogP contribution is -2.15. The molecule has 2 nitrogen and oxygen atoms in total. The molecule has 0 unspecified atom stereocenters. The summed E-state index contributed by atoms with van der Waals surface area (Å²) >= 11 is 0. The van der Waals surface area contributed by atoms with Crippen molar-refractivity contribution in [3.8, 4) is 61.5 Å². The number of aromatic nitrogens is 2. The number of rotatable bonds is 5. The van der Waals surface area contributed by atoms with Gasteiger partial charge in [-0.15, -0.1) is 0 Å². The predicted octanol–water partition coefficient (Wildman–Crippen LogP) is 13.2. The van der Waals surface area contributed by atoms with E-state index in [4.69, 9.17) is 0 Å². The normalized spacial score (nSPS) is 13.0. The molecule has 0 radical (unpaired) electrons. The van der Waals surface area contributed by atoms with E-state index in [-0.39, 0.29) is 5.41 Å². The first-order chi connectivity index (χ1) is 25.5. The molecule has 52 heavy (non-hydrogen) atoms. The fraction of sp³-hybridized carbons (Fsp3) is 0.0600. The highest BCUT2D eigenvalue weighted by molar-refractivity contribution is 6.10. The van der Waals surface area contributed by atoms with Gasteiger partial charge in [-0.3, -0.25) is 4.98 Å². The summed E-state index contributed by atoms with van der Waals surface area (Å²) in [6, 6.07) is 64.1. The average Bonchev–Trinajstić information content (AvgIpc) is 3.66. The number of nitrogens with zero attached hydrogens (tertiary/aromatic N) is 2. The molecule has 2 aromatic heterocycles. The van der Waals surface area contributed by atoms with Crippen LogP contribution in [-0.4, -0.2) is 9.55 Å². The van der Waals surface area contributed by atoms with Crippen molar-refractivity contribution in [1.29, 1.82) is 0 Å². The summed E-state index contributed by atoms with van der Waals surface area (Å²) in [5.41, 5.74) is 18.4. The second-order valence-electron chi connectivity index (χ2n) is 14.4. The van der Waals surface area contributed by atoms with Crippen LogP contribution >= 0.6 is 0 Å². The van der Waals surface area contributed by atoms with E-state index >= 15 is 0 Å². The molecule has 0 saturated heterocycles. The molecule has 1 aliphatic rings. The highest BCUT2D eigenvalue weighted by atomic mass is 15.0. The van der Waals surface area contributed by atoms with Crippen molar-refractivity contribution < 1.29 is 0 Å². The van der Waals surface area contributed by atoms with Gasteiger partial charge in [0.1, 0.15) is 0 Å². The van der Waals surface area contributed by atoms with Crippen molar-refractivity contribution in [1.82, 2.24) is 9.55 Å². The van der Waals surface area contributed by atoms with Gasteiger partial charge in [0.05, 0.1) is 16.7 Å². The summed E-state index contributed by atoms with van der Waals surface area (Å²) in [5.74, 6) is 0. The van der Waals surface area contributed by atoms with E-state index in [9.17, 15) is 0 Å². The summed E-state index contributed by atoms with van der Waals surface area (Å²) in [6.45, 7) is 4.75. The molecule has 7 aromatic carbocycles. The maximum atomic E-state index is 4.49. The lowest BCUT2D eigenvalue weighted by molar-refractivity contribution is 0.661. The molecule has 0 N–H and O–H groups in total. The zero-order valence-electron chi connectivity index (χ0n) is 29.2. The minimum Gasteiger partial charge on any atom is -0.309 e. The smallest absolute Gasteiger partial charge is 0.0701 e. The van der Waals surface area contributed by atoms with Crippen LogP contribution in [-0.2, 0) is 5.41 Å². The predicted molar refractivity (Wildman–Crippen MR) is 218 cm³/mol. The van der Waals surface area contributed by atoms with E-state index in [1.54, 1.807) is 0 Å². The van der Waals surface area contributed by atoms with Crippen LogP contribution in [0.2, 0.25) is 0 Å². The Kier molecular flexibility index (Phi) is 6.87. The van der Waals surface area contributed by atoms with Gasteiger partial charge in [0, 0.05) is 33.6 Å². The van der Waals surface area contributed by atoms with Crippen molar-refractivity contribution in [2.45, 2.75) is 19.3 Å².